The highest BCUT2D eigenvalue weighted by Crippen LogP contribution is 2.10. The molecule has 7 heteroatoms. The number of ether oxygens (including phenoxy) is 1. The average Bonchev–Trinajstić information content (AvgIpc) is 2.88. The standard InChI is InChI=1S/C15H28N4OS.HI/c1-4-16-15(18-10-7-11-20-5-2)17-9-6-8-14-19-13(3)12-21-14;/h12H,4-11H2,1-3H3,(H2,16,17,18);1H. The molecule has 0 aromatic carbocycles. The van der Waals surface area contributed by atoms with Crippen LogP contribution in [0.1, 0.15) is 37.4 Å². The lowest BCUT2D eigenvalue weighted by molar-refractivity contribution is 0.145. The Hall–Kier alpha value is -0.410. The summed E-state index contributed by atoms with van der Waals surface area (Å²) >= 11 is 1.74. The highest BCUT2D eigenvalue weighted by Gasteiger charge is 1.99. The first-order valence-corrected chi connectivity index (χ1v) is 8.65. The Morgan fingerprint density at radius 2 is 2.14 bits per heavy atom. The Morgan fingerprint density at radius 3 is 2.77 bits per heavy atom. The van der Waals surface area contributed by atoms with Crippen LogP contribution in [0, 0.1) is 6.92 Å². The minimum absolute atomic E-state index is 0. The minimum Gasteiger partial charge on any atom is -0.382 e. The molecule has 0 saturated carbocycles. The molecular weight excluding hydrogens is 411 g/mol. The summed E-state index contributed by atoms with van der Waals surface area (Å²) in [5, 5.41) is 9.90. The normalized spacial score (nSPS) is 11.1. The summed E-state index contributed by atoms with van der Waals surface area (Å²) < 4.78 is 5.32. The van der Waals surface area contributed by atoms with Crippen molar-refractivity contribution >= 4 is 41.3 Å². The fourth-order valence-electron chi connectivity index (χ4n) is 1.81. The van der Waals surface area contributed by atoms with Gasteiger partial charge >= 0.3 is 0 Å². The first-order valence-electron chi connectivity index (χ1n) is 7.77. The van der Waals surface area contributed by atoms with Crippen molar-refractivity contribution in [2.45, 2.75) is 40.0 Å². The molecule has 2 N–H and O–H groups in total. The van der Waals surface area contributed by atoms with E-state index in [4.69, 9.17) is 4.74 Å². The highest BCUT2D eigenvalue weighted by atomic mass is 127. The molecule has 0 aliphatic carbocycles. The van der Waals surface area contributed by atoms with Gasteiger partial charge in [-0.1, -0.05) is 0 Å². The van der Waals surface area contributed by atoms with Crippen LogP contribution in [0.5, 0.6) is 0 Å². The first kappa shape index (κ1) is 21.6. The molecule has 22 heavy (non-hydrogen) atoms. The van der Waals surface area contributed by atoms with Gasteiger partial charge < -0.3 is 15.4 Å². The van der Waals surface area contributed by atoms with Crippen molar-refractivity contribution in [3.8, 4) is 0 Å². The van der Waals surface area contributed by atoms with Crippen LogP contribution in [0.15, 0.2) is 10.4 Å². The minimum atomic E-state index is 0. The molecule has 0 spiro atoms. The van der Waals surface area contributed by atoms with E-state index >= 15 is 0 Å². The second-order valence-corrected chi connectivity index (χ2v) is 5.67. The number of rotatable bonds is 10. The van der Waals surface area contributed by atoms with Gasteiger partial charge in [0.25, 0.3) is 0 Å². The topological polar surface area (TPSA) is 58.5 Å². The fourth-order valence-corrected chi connectivity index (χ4v) is 2.62. The zero-order chi connectivity index (χ0) is 15.3. The van der Waals surface area contributed by atoms with Crippen LogP contribution < -0.4 is 10.6 Å². The fraction of sp³-hybridized carbons (Fsp3) is 0.733. The number of aromatic nitrogens is 1. The molecule has 1 heterocycles. The van der Waals surface area contributed by atoms with Crippen LogP contribution in [0.2, 0.25) is 0 Å². The summed E-state index contributed by atoms with van der Waals surface area (Å²) in [4.78, 5) is 9.05. The summed E-state index contributed by atoms with van der Waals surface area (Å²) in [5.74, 6) is 0.893. The van der Waals surface area contributed by atoms with Crippen LogP contribution in [0.4, 0.5) is 0 Å². The van der Waals surface area contributed by atoms with Crippen molar-refractivity contribution in [1.82, 2.24) is 15.6 Å². The van der Waals surface area contributed by atoms with E-state index in [-0.39, 0.29) is 24.0 Å². The molecule has 0 aliphatic heterocycles. The molecule has 128 valence electrons. The van der Waals surface area contributed by atoms with Gasteiger partial charge in [0.1, 0.15) is 0 Å². The summed E-state index contributed by atoms with van der Waals surface area (Å²) in [6.45, 7) is 10.3. The maximum atomic E-state index is 5.32. The Morgan fingerprint density at radius 1 is 1.32 bits per heavy atom. The third-order valence-corrected chi connectivity index (χ3v) is 3.82. The van der Waals surface area contributed by atoms with E-state index in [1.807, 2.05) is 13.8 Å². The van der Waals surface area contributed by atoms with Crippen LogP contribution in [-0.4, -0.2) is 43.8 Å². The predicted octanol–water partition coefficient (Wildman–Crippen LogP) is 2.98. The largest absolute Gasteiger partial charge is 0.382 e. The number of thiazole rings is 1. The molecular formula is C15H29IN4OS. The summed E-state index contributed by atoms with van der Waals surface area (Å²) in [6.07, 6.45) is 3.03. The number of nitrogens with one attached hydrogen (secondary N) is 2. The van der Waals surface area contributed by atoms with Gasteiger partial charge in [-0.2, -0.15) is 0 Å². The monoisotopic (exact) mass is 440 g/mol. The molecule has 0 aliphatic rings. The Kier molecular flexibility index (Phi) is 13.9. The molecule has 0 atom stereocenters. The van der Waals surface area contributed by atoms with Crippen molar-refractivity contribution < 1.29 is 4.74 Å². The summed E-state index contributed by atoms with van der Waals surface area (Å²) in [7, 11) is 0. The third-order valence-electron chi connectivity index (χ3n) is 2.79. The SMILES string of the molecule is CCNC(=NCCCc1nc(C)cs1)NCCCOCC.I. The van der Waals surface area contributed by atoms with Gasteiger partial charge in [-0.3, -0.25) is 4.99 Å². The van der Waals surface area contributed by atoms with E-state index in [0.717, 1.165) is 63.8 Å². The molecule has 0 fully saturated rings. The third kappa shape index (κ3) is 10.3. The second kappa shape index (κ2) is 14.2. The van der Waals surface area contributed by atoms with Gasteiger partial charge in [0.15, 0.2) is 5.96 Å². The van der Waals surface area contributed by atoms with Crippen LogP contribution in [-0.2, 0) is 11.2 Å². The predicted molar refractivity (Wildman–Crippen MR) is 106 cm³/mol. The molecule has 0 unspecified atom stereocenters. The molecule has 5 nitrogen and oxygen atoms in total. The van der Waals surface area contributed by atoms with E-state index in [2.05, 4.69) is 32.9 Å². The maximum Gasteiger partial charge on any atom is 0.191 e. The van der Waals surface area contributed by atoms with Gasteiger partial charge in [0.2, 0.25) is 0 Å². The zero-order valence-electron chi connectivity index (χ0n) is 13.9. The van der Waals surface area contributed by atoms with Crippen LogP contribution >= 0.6 is 35.3 Å². The number of nitrogens with zero attached hydrogens (tertiary/aromatic N) is 2. The van der Waals surface area contributed by atoms with Crippen molar-refractivity contribution in [3.05, 3.63) is 16.1 Å². The number of aliphatic imine (C=N–C) groups is 1. The van der Waals surface area contributed by atoms with Gasteiger partial charge in [-0.15, -0.1) is 35.3 Å². The van der Waals surface area contributed by atoms with Crippen molar-refractivity contribution in [3.63, 3.8) is 0 Å². The van der Waals surface area contributed by atoms with E-state index in [1.54, 1.807) is 11.3 Å². The lowest BCUT2D eigenvalue weighted by Crippen LogP contribution is -2.38. The van der Waals surface area contributed by atoms with Gasteiger partial charge in [0, 0.05) is 50.3 Å². The number of guanidine groups is 1. The lowest BCUT2D eigenvalue weighted by atomic mass is 10.3. The highest BCUT2D eigenvalue weighted by molar-refractivity contribution is 14.0. The zero-order valence-corrected chi connectivity index (χ0v) is 17.0. The number of hydrogen-bond donors (Lipinski definition) is 2. The van der Waals surface area contributed by atoms with Crippen molar-refractivity contribution in [2.75, 3.05) is 32.8 Å². The molecule has 0 amide bonds. The Labute approximate surface area is 155 Å². The van der Waals surface area contributed by atoms with Crippen molar-refractivity contribution in [1.29, 1.82) is 0 Å². The summed E-state index contributed by atoms with van der Waals surface area (Å²) in [5.41, 5.74) is 1.11. The van der Waals surface area contributed by atoms with Crippen LogP contribution in [0.3, 0.4) is 0 Å². The van der Waals surface area contributed by atoms with Gasteiger partial charge in [0.05, 0.1) is 5.01 Å². The second-order valence-electron chi connectivity index (χ2n) is 4.72. The number of hydrogen-bond acceptors (Lipinski definition) is 4. The molecule has 0 saturated heterocycles. The molecule has 0 bridgehead atoms. The maximum absolute atomic E-state index is 5.32. The van der Waals surface area contributed by atoms with E-state index in [9.17, 15) is 0 Å². The first-order chi connectivity index (χ1) is 10.3. The van der Waals surface area contributed by atoms with E-state index in [0.29, 0.717) is 0 Å². The van der Waals surface area contributed by atoms with E-state index < -0.39 is 0 Å². The smallest absolute Gasteiger partial charge is 0.191 e. The van der Waals surface area contributed by atoms with Crippen LogP contribution in [0.25, 0.3) is 0 Å². The lowest BCUT2D eigenvalue weighted by Gasteiger charge is -2.11. The average molecular weight is 440 g/mol. The molecule has 0 radical (unpaired) electrons. The Balaban J connectivity index is 0.00000441. The van der Waals surface area contributed by atoms with Gasteiger partial charge in [-0.25, -0.2) is 4.98 Å². The Bertz CT molecular complexity index is 412. The quantitative estimate of drug-likeness (QED) is 0.254. The molecule has 1 aromatic heterocycles. The van der Waals surface area contributed by atoms with Crippen molar-refractivity contribution in [2.24, 2.45) is 4.99 Å². The summed E-state index contributed by atoms with van der Waals surface area (Å²) in [6, 6.07) is 0. The molecule has 1 rings (SSSR count). The molecule has 1 aromatic rings. The number of aryl methyl sites for hydroxylation is 2. The van der Waals surface area contributed by atoms with E-state index in [1.165, 1.54) is 5.01 Å². The number of halogens is 1. The van der Waals surface area contributed by atoms with Gasteiger partial charge in [-0.05, 0) is 33.6 Å².